The van der Waals surface area contributed by atoms with Gasteiger partial charge in [0.2, 0.25) is 0 Å². The van der Waals surface area contributed by atoms with Crippen LogP contribution in [0.5, 0.6) is 0 Å². The van der Waals surface area contributed by atoms with Gasteiger partial charge < -0.3 is 15.7 Å². The van der Waals surface area contributed by atoms with Crippen molar-refractivity contribution in [1.82, 2.24) is 10.2 Å². The minimum absolute atomic E-state index is 0.209. The Balaban J connectivity index is 2.05. The van der Waals surface area contributed by atoms with E-state index in [0.717, 1.165) is 0 Å². The SMILES string of the molecule is Cc1cc(NC(=O)Nc2cn[nH]c2)ccc1C(=O)O. The molecule has 0 spiro atoms. The standard InChI is InChI=1S/C12H12N4O3/c1-7-4-8(2-3-10(7)11(17)18)15-12(19)16-9-5-13-14-6-9/h2-6H,1H3,(H,13,14)(H,17,18)(H2,15,16,19). The molecular weight excluding hydrogens is 248 g/mol. The number of hydrogen-bond donors (Lipinski definition) is 4. The highest BCUT2D eigenvalue weighted by molar-refractivity contribution is 6.00. The van der Waals surface area contributed by atoms with Gasteiger partial charge in [0.25, 0.3) is 0 Å². The summed E-state index contributed by atoms with van der Waals surface area (Å²) in [4.78, 5) is 22.5. The van der Waals surface area contributed by atoms with Crippen LogP contribution in [0.2, 0.25) is 0 Å². The molecule has 4 N–H and O–H groups in total. The number of benzene rings is 1. The van der Waals surface area contributed by atoms with Gasteiger partial charge in [-0.1, -0.05) is 0 Å². The van der Waals surface area contributed by atoms with E-state index in [1.54, 1.807) is 19.2 Å². The van der Waals surface area contributed by atoms with Crippen LogP contribution in [0.25, 0.3) is 0 Å². The van der Waals surface area contributed by atoms with Crippen molar-refractivity contribution in [3.05, 3.63) is 41.7 Å². The minimum Gasteiger partial charge on any atom is -0.478 e. The van der Waals surface area contributed by atoms with E-state index in [-0.39, 0.29) is 5.56 Å². The maximum Gasteiger partial charge on any atom is 0.335 e. The van der Waals surface area contributed by atoms with Crippen LogP contribution in [0.3, 0.4) is 0 Å². The third kappa shape index (κ3) is 3.09. The number of aromatic amines is 1. The van der Waals surface area contributed by atoms with Gasteiger partial charge in [-0.2, -0.15) is 5.10 Å². The van der Waals surface area contributed by atoms with Gasteiger partial charge in [0, 0.05) is 11.9 Å². The molecule has 19 heavy (non-hydrogen) atoms. The molecule has 98 valence electrons. The Kier molecular flexibility index (Phi) is 3.46. The largest absolute Gasteiger partial charge is 0.478 e. The predicted molar refractivity (Wildman–Crippen MR) is 69.4 cm³/mol. The molecule has 0 aliphatic heterocycles. The summed E-state index contributed by atoms with van der Waals surface area (Å²) in [7, 11) is 0. The molecule has 0 unspecified atom stereocenters. The van der Waals surface area contributed by atoms with Gasteiger partial charge in [0.15, 0.2) is 0 Å². The number of carbonyl (C=O) groups is 2. The molecule has 2 rings (SSSR count). The lowest BCUT2D eigenvalue weighted by Gasteiger charge is -2.08. The fourth-order valence-electron chi connectivity index (χ4n) is 1.59. The summed E-state index contributed by atoms with van der Waals surface area (Å²) in [5.74, 6) is -0.994. The van der Waals surface area contributed by atoms with Crippen molar-refractivity contribution < 1.29 is 14.7 Å². The van der Waals surface area contributed by atoms with Crippen LogP contribution in [0.15, 0.2) is 30.6 Å². The van der Waals surface area contributed by atoms with Crippen molar-refractivity contribution in [3.63, 3.8) is 0 Å². The van der Waals surface area contributed by atoms with Gasteiger partial charge in [-0.3, -0.25) is 5.10 Å². The highest BCUT2D eigenvalue weighted by Gasteiger charge is 2.09. The summed E-state index contributed by atoms with van der Waals surface area (Å²) in [6, 6.07) is 4.15. The zero-order valence-corrected chi connectivity index (χ0v) is 10.1. The van der Waals surface area contributed by atoms with Gasteiger partial charge in [0.1, 0.15) is 0 Å². The van der Waals surface area contributed by atoms with Crippen LogP contribution in [-0.4, -0.2) is 27.3 Å². The number of H-pyrrole nitrogens is 1. The third-order valence-corrected chi connectivity index (χ3v) is 2.47. The van der Waals surface area contributed by atoms with Gasteiger partial charge >= 0.3 is 12.0 Å². The van der Waals surface area contributed by atoms with Gasteiger partial charge in [-0.15, -0.1) is 0 Å². The summed E-state index contributed by atoms with van der Waals surface area (Å²) in [6.07, 6.45) is 3.01. The van der Waals surface area contributed by atoms with Crippen molar-refractivity contribution in [3.8, 4) is 0 Å². The summed E-state index contributed by atoms with van der Waals surface area (Å²) < 4.78 is 0. The number of rotatable bonds is 3. The smallest absolute Gasteiger partial charge is 0.335 e. The Hall–Kier alpha value is -2.83. The molecule has 0 atom stereocenters. The number of anilines is 2. The first kappa shape index (κ1) is 12.6. The number of urea groups is 1. The summed E-state index contributed by atoms with van der Waals surface area (Å²) in [5, 5.41) is 20.3. The van der Waals surface area contributed by atoms with Crippen molar-refractivity contribution in [2.24, 2.45) is 0 Å². The van der Waals surface area contributed by atoms with Gasteiger partial charge in [0.05, 0.1) is 17.4 Å². The average molecular weight is 260 g/mol. The molecule has 0 bridgehead atoms. The molecule has 2 aromatic rings. The summed E-state index contributed by atoms with van der Waals surface area (Å²) in [5.41, 5.74) is 1.84. The quantitative estimate of drug-likeness (QED) is 0.677. The van der Waals surface area contributed by atoms with Crippen LogP contribution < -0.4 is 10.6 Å². The lowest BCUT2D eigenvalue weighted by Crippen LogP contribution is -2.19. The number of carboxylic acids is 1. The molecule has 0 saturated heterocycles. The topological polar surface area (TPSA) is 107 Å². The first-order valence-corrected chi connectivity index (χ1v) is 5.47. The minimum atomic E-state index is -0.994. The van der Waals surface area contributed by atoms with E-state index in [0.29, 0.717) is 16.9 Å². The van der Waals surface area contributed by atoms with E-state index in [9.17, 15) is 9.59 Å². The number of amides is 2. The van der Waals surface area contributed by atoms with E-state index in [4.69, 9.17) is 5.11 Å². The molecule has 7 heteroatoms. The first-order chi connectivity index (χ1) is 9.06. The molecule has 1 heterocycles. The monoisotopic (exact) mass is 260 g/mol. The summed E-state index contributed by atoms with van der Waals surface area (Å²) >= 11 is 0. The lowest BCUT2D eigenvalue weighted by molar-refractivity contribution is 0.0696. The highest BCUT2D eigenvalue weighted by atomic mass is 16.4. The molecule has 0 saturated carbocycles. The molecule has 1 aromatic carbocycles. The molecule has 0 aliphatic carbocycles. The second-order valence-electron chi connectivity index (χ2n) is 3.90. The van der Waals surface area contributed by atoms with E-state index in [1.807, 2.05) is 0 Å². The Morgan fingerprint density at radius 2 is 2.00 bits per heavy atom. The number of hydrogen-bond acceptors (Lipinski definition) is 3. The zero-order valence-electron chi connectivity index (χ0n) is 10.1. The fraction of sp³-hybridized carbons (Fsp3) is 0.0833. The van der Waals surface area contributed by atoms with Crippen LogP contribution >= 0.6 is 0 Å². The molecule has 0 fully saturated rings. The normalized spacial score (nSPS) is 9.95. The van der Waals surface area contributed by atoms with E-state index >= 15 is 0 Å². The third-order valence-electron chi connectivity index (χ3n) is 2.47. The molecule has 1 aromatic heterocycles. The number of aromatic carboxylic acids is 1. The maximum atomic E-state index is 11.6. The molecular formula is C12H12N4O3. The Morgan fingerprint density at radius 1 is 1.26 bits per heavy atom. The molecule has 0 aliphatic rings. The van der Waals surface area contributed by atoms with Crippen LogP contribution in [-0.2, 0) is 0 Å². The van der Waals surface area contributed by atoms with Crippen molar-refractivity contribution in [2.75, 3.05) is 10.6 Å². The zero-order chi connectivity index (χ0) is 13.8. The van der Waals surface area contributed by atoms with E-state index in [2.05, 4.69) is 20.8 Å². The Morgan fingerprint density at radius 3 is 2.58 bits per heavy atom. The highest BCUT2D eigenvalue weighted by Crippen LogP contribution is 2.15. The molecule has 2 amide bonds. The van der Waals surface area contributed by atoms with Crippen LogP contribution in [0, 0.1) is 6.92 Å². The molecule has 7 nitrogen and oxygen atoms in total. The number of nitrogens with zero attached hydrogens (tertiary/aromatic N) is 1. The second kappa shape index (κ2) is 5.21. The summed E-state index contributed by atoms with van der Waals surface area (Å²) in [6.45, 7) is 1.67. The van der Waals surface area contributed by atoms with Gasteiger partial charge in [-0.25, -0.2) is 9.59 Å². The van der Waals surface area contributed by atoms with Crippen molar-refractivity contribution in [1.29, 1.82) is 0 Å². The molecule has 0 radical (unpaired) electrons. The van der Waals surface area contributed by atoms with E-state index in [1.165, 1.54) is 18.3 Å². The number of nitrogens with one attached hydrogen (secondary N) is 3. The first-order valence-electron chi connectivity index (χ1n) is 5.47. The van der Waals surface area contributed by atoms with Crippen molar-refractivity contribution >= 4 is 23.4 Å². The van der Waals surface area contributed by atoms with Gasteiger partial charge in [-0.05, 0) is 30.7 Å². The fourth-order valence-corrected chi connectivity index (χ4v) is 1.59. The van der Waals surface area contributed by atoms with Crippen molar-refractivity contribution in [2.45, 2.75) is 6.92 Å². The maximum absolute atomic E-state index is 11.6. The van der Waals surface area contributed by atoms with Crippen LogP contribution in [0.1, 0.15) is 15.9 Å². The van der Waals surface area contributed by atoms with Crippen LogP contribution in [0.4, 0.5) is 16.2 Å². The lowest BCUT2D eigenvalue weighted by atomic mass is 10.1. The average Bonchev–Trinajstić information content (AvgIpc) is 2.81. The number of aryl methyl sites for hydroxylation is 1. The number of carboxylic acid groups (broad SMARTS) is 1. The second-order valence-corrected chi connectivity index (χ2v) is 3.90. The number of carbonyl (C=O) groups excluding carboxylic acids is 1. The number of aromatic nitrogens is 2. The predicted octanol–water partition coefficient (Wildman–Crippen LogP) is 2.06. The Labute approximate surface area is 108 Å². The van der Waals surface area contributed by atoms with E-state index < -0.39 is 12.0 Å². The Bertz CT molecular complexity index is 607.